The lowest BCUT2D eigenvalue weighted by Crippen LogP contribution is -2.36. The van der Waals surface area contributed by atoms with Gasteiger partial charge in [-0.1, -0.05) is 35.9 Å². The van der Waals surface area contributed by atoms with Crippen molar-refractivity contribution < 1.29 is 4.79 Å². The molecule has 1 aliphatic rings. The number of carbonyl (C=O) groups excluding carboxylic acids is 1. The van der Waals surface area contributed by atoms with Gasteiger partial charge in [0.2, 0.25) is 5.91 Å². The topological polar surface area (TPSA) is 44.4 Å². The van der Waals surface area contributed by atoms with E-state index in [1.54, 1.807) is 6.07 Å². The lowest BCUT2D eigenvalue weighted by Gasteiger charge is -2.24. The smallest absolute Gasteiger partial charge is 0.243 e. The maximum atomic E-state index is 12.4. The van der Waals surface area contributed by atoms with Crippen LogP contribution in [-0.4, -0.2) is 25.5 Å². The minimum Gasteiger partial charge on any atom is -0.361 e. The first-order chi connectivity index (χ1) is 11.1. The van der Waals surface area contributed by atoms with Crippen molar-refractivity contribution >= 4 is 41.3 Å². The number of halogens is 2. The van der Waals surface area contributed by atoms with Gasteiger partial charge >= 0.3 is 0 Å². The zero-order chi connectivity index (χ0) is 16.2. The zero-order valence-corrected chi connectivity index (χ0v) is 15.1. The van der Waals surface area contributed by atoms with Gasteiger partial charge in [0.25, 0.3) is 0 Å². The number of rotatable bonds is 3. The number of carbonyl (C=O) groups is 1. The van der Waals surface area contributed by atoms with E-state index in [-0.39, 0.29) is 18.3 Å². The number of fused-ring (bicyclic) bond motifs is 1. The van der Waals surface area contributed by atoms with Gasteiger partial charge in [-0.2, -0.15) is 0 Å². The predicted octanol–water partition coefficient (Wildman–Crippen LogP) is 3.62. The summed E-state index contributed by atoms with van der Waals surface area (Å²) in [4.78, 5) is 14.6. The molecule has 2 N–H and O–H groups in total. The van der Waals surface area contributed by atoms with Crippen molar-refractivity contribution in [1.29, 1.82) is 0 Å². The largest absolute Gasteiger partial charge is 0.361 e. The fourth-order valence-corrected chi connectivity index (χ4v) is 2.95. The van der Waals surface area contributed by atoms with Gasteiger partial charge < -0.3 is 15.5 Å². The molecule has 0 unspecified atom stereocenters. The van der Waals surface area contributed by atoms with Crippen molar-refractivity contribution in [3.05, 3.63) is 58.6 Å². The second kappa shape index (κ2) is 8.38. The molecule has 3 rings (SSSR count). The number of amides is 1. The van der Waals surface area contributed by atoms with Gasteiger partial charge in [-0.3, -0.25) is 4.79 Å². The van der Waals surface area contributed by atoms with Crippen LogP contribution in [0.3, 0.4) is 0 Å². The Morgan fingerprint density at radius 1 is 1.29 bits per heavy atom. The number of nitrogens with zero attached hydrogens (tertiary/aromatic N) is 1. The third kappa shape index (κ3) is 4.41. The second-order valence-electron chi connectivity index (χ2n) is 5.73. The molecule has 24 heavy (non-hydrogen) atoms. The summed E-state index contributed by atoms with van der Waals surface area (Å²) in [5.41, 5.74) is 4.11. The number of hydrogen-bond acceptors (Lipinski definition) is 3. The van der Waals surface area contributed by atoms with E-state index in [9.17, 15) is 4.79 Å². The first kappa shape index (κ1) is 18.6. The summed E-state index contributed by atoms with van der Waals surface area (Å²) >= 11 is 6.01. The SMILES string of the molecule is Cc1ccc(Cl)cc1NC(=O)CN1CCNCc2ccccc21.Cl. The first-order valence-electron chi connectivity index (χ1n) is 7.73. The molecule has 0 atom stereocenters. The van der Waals surface area contributed by atoms with Gasteiger partial charge in [0.15, 0.2) is 0 Å². The van der Waals surface area contributed by atoms with E-state index in [4.69, 9.17) is 11.6 Å². The minimum absolute atomic E-state index is 0. The van der Waals surface area contributed by atoms with Crippen LogP contribution in [0, 0.1) is 6.92 Å². The molecule has 0 aromatic heterocycles. The maximum Gasteiger partial charge on any atom is 0.243 e. The highest BCUT2D eigenvalue weighted by Gasteiger charge is 2.17. The molecule has 2 aromatic carbocycles. The Morgan fingerprint density at radius 2 is 2.08 bits per heavy atom. The average Bonchev–Trinajstić information content (AvgIpc) is 2.74. The summed E-state index contributed by atoms with van der Waals surface area (Å²) in [5.74, 6) is -0.0351. The zero-order valence-electron chi connectivity index (χ0n) is 13.5. The fraction of sp³-hybridized carbons (Fsp3) is 0.278. The highest BCUT2D eigenvalue weighted by atomic mass is 35.5. The van der Waals surface area contributed by atoms with Crippen LogP contribution in [0.5, 0.6) is 0 Å². The van der Waals surface area contributed by atoms with E-state index in [0.717, 1.165) is 36.6 Å². The van der Waals surface area contributed by atoms with Crippen molar-refractivity contribution in [2.24, 2.45) is 0 Å². The maximum absolute atomic E-state index is 12.4. The normalized spacial score (nSPS) is 13.5. The van der Waals surface area contributed by atoms with Gasteiger partial charge in [0.05, 0.1) is 6.54 Å². The average molecular weight is 366 g/mol. The third-order valence-electron chi connectivity index (χ3n) is 4.01. The Bertz CT molecular complexity index is 721. The van der Waals surface area contributed by atoms with Crippen molar-refractivity contribution in [1.82, 2.24) is 5.32 Å². The summed E-state index contributed by atoms with van der Waals surface area (Å²) in [6, 6.07) is 13.7. The van der Waals surface area contributed by atoms with Crippen LogP contribution in [0.4, 0.5) is 11.4 Å². The van der Waals surface area contributed by atoms with Crippen LogP contribution in [-0.2, 0) is 11.3 Å². The molecule has 6 heteroatoms. The van der Waals surface area contributed by atoms with Crippen molar-refractivity contribution in [3.63, 3.8) is 0 Å². The molecule has 128 valence electrons. The Balaban J connectivity index is 0.00000208. The second-order valence-corrected chi connectivity index (χ2v) is 6.17. The van der Waals surface area contributed by atoms with Crippen LogP contribution < -0.4 is 15.5 Å². The van der Waals surface area contributed by atoms with Crippen LogP contribution in [0.25, 0.3) is 0 Å². The van der Waals surface area contributed by atoms with E-state index >= 15 is 0 Å². The Hall–Kier alpha value is -1.75. The molecule has 0 aliphatic carbocycles. The number of benzene rings is 2. The quantitative estimate of drug-likeness (QED) is 0.872. The highest BCUT2D eigenvalue weighted by molar-refractivity contribution is 6.31. The summed E-state index contributed by atoms with van der Waals surface area (Å²) in [5, 5.41) is 6.97. The van der Waals surface area contributed by atoms with Gasteiger partial charge in [0.1, 0.15) is 0 Å². The molecule has 2 aromatic rings. The van der Waals surface area contributed by atoms with E-state index in [1.807, 2.05) is 31.2 Å². The number of aryl methyl sites for hydroxylation is 1. The molecule has 1 aliphatic heterocycles. The van der Waals surface area contributed by atoms with Gasteiger partial charge in [-0.15, -0.1) is 12.4 Å². The number of para-hydroxylation sites is 1. The molecule has 0 saturated heterocycles. The summed E-state index contributed by atoms with van der Waals surface area (Å²) in [7, 11) is 0. The molecule has 0 bridgehead atoms. The Labute approximate surface area is 153 Å². The molecule has 0 fully saturated rings. The molecule has 0 spiro atoms. The summed E-state index contributed by atoms with van der Waals surface area (Å²) in [6.45, 7) is 4.78. The molecule has 0 radical (unpaired) electrons. The Morgan fingerprint density at radius 3 is 2.92 bits per heavy atom. The van der Waals surface area contributed by atoms with Crippen molar-refractivity contribution in [2.75, 3.05) is 29.9 Å². The van der Waals surface area contributed by atoms with Crippen molar-refractivity contribution in [3.8, 4) is 0 Å². The molecule has 0 saturated carbocycles. The molecular weight excluding hydrogens is 345 g/mol. The number of hydrogen-bond donors (Lipinski definition) is 2. The molecule has 1 amide bonds. The van der Waals surface area contributed by atoms with Crippen LogP contribution in [0.1, 0.15) is 11.1 Å². The Kier molecular flexibility index (Phi) is 6.49. The van der Waals surface area contributed by atoms with Crippen molar-refractivity contribution in [2.45, 2.75) is 13.5 Å². The van der Waals surface area contributed by atoms with Crippen LogP contribution in [0.15, 0.2) is 42.5 Å². The lowest BCUT2D eigenvalue weighted by molar-refractivity contribution is -0.115. The van der Waals surface area contributed by atoms with E-state index in [0.29, 0.717) is 11.6 Å². The standard InChI is InChI=1S/C18H20ClN3O.ClH/c1-13-6-7-15(19)10-16(13)21-18(23)12-22-9-8-20-11-14-4-2-3-5-17(14)22;/h2-7,10,20H,8-9,11-12H2,1H3,(H,21,23);1H. The number of nitrogens with one attached hydrogen (secondary N) is 2. The number of anilines is 2. The summed E-state index contributed by atoms with van der Waals surface area (Å²) in [6.07, 6.45) is 0. The lowest BCUT2D eigenvalue weighted by atomic mass is 10.1. The molecule has 1 heterocycles. The van der Waals surface area contributed by atoms with E-state index < -0.39 is 0 Å². The molecular formula is C18H21Cl2N3O. The third-order valence-corrected chi connectivity index (χ3v) is 4.25. The van der Waals surface area contributed by atoms with Gasteiger partial charge in [0, 0.05) is 36.0 Å². The fourth-order valence-electron chi connectivity index (χ4n) is 2.78. The predicted molar refractivity (Wildman–Crippen MR) is 102 cm³/mol. The van der Waals surface area contributed by atoms with Gasteiger partial charge in [-0.25, -0.2) is 0 Å². The summed E-state index contributed by atoms with van der Waals surface area (Å²) < 4.78 is 0. The van der Waals surface area contributed by atoms with Crippen LogP contribution in [0.2, 0.25) is 5.02 Å². The monoisotopic (exact) mass is 365 g/mol. The van der Waals surface area contributed by atoms with E-state index in [1.165, 1.54) is 5.56 Å². The van der Waals surface area contributed by atoms with Crippen LogP contribution >= 0.6 is 24.0 Å². The van der Waals surface area contributed by atoms with Gasteiger partial charge in [-0.05, 0) is 36.2 Å². The van der Waals surface area contributed by atoms with E-state index in [2.05, 4.69) is 27.7 Å². The molecule has 4 nitrogen and oxygen atoms in total. The minimum atomic E-state index is -0.0351. The first-order valence-corrected chi connectivity index (χ1v) is 8.11. The highest BCUT2D eigenvalue weighted by Crippen LogP contribution is 2.23.